The van der Waals surface area contributed by atoms with Gasteiger partial charge in [-0.15, -0.1) is 0 Å². The van der Waals surface area contributed by atoms with E-state index in [2.05, 4.69) is 59.8 Å². The number of fused-ring (bicyclic) bond motifs is 1. The second kappa shape index (κ2) is 6.24. The molecule has 0 amide bonds. The summed E-state index contributed by atoms with van der Waals surface area (Å²) in [4.78, 5) is 2.22. The van der Waals surface area contributed by atoms with Crippen LogP contribution in [0.5, 0.6) is 0 Å². The standard InChI is InChI=1S/C20H29N4OP/c1-20(2)16-11-7-8-12-17(16)22(3)19(20)18-15-21-23(4)26(18,25)24-13-9-5-6-10-14-24/h7-8,11-12,15H,5-6,9-10,13-14H2,1-4H3/b19-18-/t26-/m0/s1. The molecule has 1 aromatic carbocycles. The van der Waals surface area contributed by atoms with Crippen molar-refractivity contribution in [3.63, 3.8) is 0 Å². The molecule has 3 aliphatic rings. The van der Waals surface area contributed by atoms with E-state index in [0.717, 1.165) is 36.9 Å². The van der Waals surface area contributed by atoms with E-state index in [-0.39, 0.29) is 5.41 Å². The lowest BCUT2D eigenvalue weighted by molar-refractivity contribution is 0.378. The minimum atomic E-state index is -2.89. The molecule has 1 saturated heterocycles. The zero-order valence-electron chi connectivity index (χ0n) is 16.3. The van der Waals surface area contributed by atoms with Gasteiger partial charge in [0.15, 0.2) is 0 Å². The molecule has 3 heterocycles. The Morgan fingerprint density at radius 3 is 2.35 bits per heavy atom. The molecule has 0 aliphatic carbocycles. The molecule has 0 saturated carbocycles. The highest BCUT2D eigenvalue weighted by atomic mass is 31.2. The van der Waals surface area contributed by atoms with E-state index in [4.69, 9.17) is 0 Å². The molecule has 1 atom stereocenters. The predicted molar refractivity (Wildman–Crippen MR) is 109 cm³/mol. The smallest absolute Gasteiger partial charge is 0.287 e. The number of benzene rings is 1. The molecule has 0 unspecified atom stereocenters. The van der Waals surface area contributed by atoms with Gasteiger partial charge in [0, 0.05) is 44.0 Å². The molecule has 1 fully saturated rings. The first kappa shape index (κ1) is 17.8. The first-order valence-corrected chi connectivity index (χ1v) is 11.2. The Labute approximate surface area is 156 Å². The molecule has 6 heteroatoms. The Morgan fingerprint density at radius 2 is 1.69 bits per heavy atom. The molecule has 0 spiro atoms. The van der Waals surface area contributed by atoms with Crippen molar-refractivity contribution in [3.8, 4) is 0 Å². The second-order valence-electron chi connectivity index (χ2n) is 8.08. The lowest BCUT2D eigenvalue weighted by Crippen LogP contribution is -2.31. The summed E-state index contributed by atoms with van der Waals surface area (Å²) in [7, 11) is 1.07. The fourth-order valence-electron chi connectivity index (χ4n) is 4.75. The molecule has 0 N–H and O–H groups in total. The van der Waals surface area contributed by atoms with E-state index >= 15 is 0 Å². The average Bonchev–Trinajstić information content (AvgIpc) is 2.91. The van der Waals surface area contributed by atoms with Crippen molar-refractivity contribution < 1.29 is 4.57 Å². The highest BCUT2D eigenvalue weighted by Gasteiger charge is 2.49. The highest BCUT2D eigenvalue weighted by Crippen LogP contribution is 2.65. The molecular formula is C20H29N4OP. The number of hydrogen-bond donors (Lipinski definition) is 0. The Bertz CT molecular complexity index is 821. The number of hydrogen-bond acceptors (Lipinski definition) is 3. The third-order valence-electron chi connectivity index (χ3n) is 6.13. The summed E-state index contributed by atoms with van der Waals surface area (Å²) in [5.41, 5.74) is 3.42. The molecule has 3 aliphatic heterocycles. The van der Waals surface area contributed by atoms with Crippen LogP contribution in [0, 0.1) is 0 Å². The SMILES string of the molecule is CN1/C(=C2/C=NN(C)[P@]2(=O)N2CCCCCC2)C(C)(C)c2ccccc21. The summed E-state index contributed by atoms with van der Waals surface area (Å²) in [6, 6.07) is 8.50. The third-order valence-corrected chi connectivity index (χ3v) is 9.14. The molecule has 26 heavy (non-hydrogen) atoms. The Morgan fingerprint density at radius 1 is 1.04 bits per heavy atom. The van der Waals surface area contributed by atoms with Crippen LogP contribution in [0.3, 0.4) is 0 Å². The summed E-state index contributed by atoms with van der Waals surface area (Å²) in [5.74, 6) is 0. The third kappa shape index (κ3) is 2.40. The van der Waals surface area contributed by atoms with Crippen LogP contribution >= 0.6 is 7.44 Å². The van der Waals surface area contributed by atoms with Crippen molar-refractivity contribution in [2.45, 2.75) is 44.9 Å². The fourth-order valence-corrected chi connectivity index (χ4v) is 7.66. The van der Waals surface area contributed by atoms with Crippen LogP contribution in [-0.4, -0.2) is 42.8 Å². The van der Waals surface area contributed by atoms with Crippen molar-refractivity contribution in [2.24, 2.45) is 5.10 Å². The van der Waals surface area contributed by atoms with Crippen LogP contribution in [0.4, 0.5) is 5.69 Å². The summed E-state index contributed by atoms with van der Waals surface area (Å²) in [5, 5.41) is 5.41. The van der Waals surface area contributed by atoms with Gasteiger partial charge < -0.3 is 4.90 Å². The van der Waals surface area contributed by atoms with Crippen molar-refractivity contribution >= 4 is 19.3 Å². The molecule has 0 bridgehead atoms. The lowest BCUT2D eigenvalue weighted by Gasteiger charge is -2.35. The van der Waals surface area contributed by atoms with E-state index in [0.29, 0.717) is 0 Å². The van der Waals surface area contributed by atoms with Gasteiger partial charge in [0.05, 0.1) is 11.5 Å². The van der Waals surface area contributed by atoms with E-state index in [1.165, 1.54) is 24.1 Å². The molecule has 4 rings (SSSR count). The van der Waals surface area contributed by atoms with Crippen LogP contribution in [0.1, 0.15) is 45.1 Å². The lowest BCUT2D eigenvalue weighted by atomic mass is 9.84. The summed E-state index contributed by atoms with van der Waals surface area (Å²) < 4.78 is 18.3. The normalized spacial score (nSPS) is 31.4. The zero-order valence-corrected chi connectivity index (χ0v) is 17.2. The summed E-state index contributed by atoms with van der Waals surface area (Å²) in [6.07, 6.45) is 6.53. The number of hydrazone groups is 1. The Hall–Kier alpha value is -1.58. The van der Waals surface area contributed by atoms with Crippen LogP contribution in [0.15, 0.2) is 40.4 Å². The van der Waals surface area contributed by atoms with Crippen molar-refractivity contribution in [2.75, 3.05) is 32.1 Å². The van der Waals surface area contributed by atoms with Gasteiger partial charge in [0.25, 0.3) is 7.44 Å². The van der Waals surface area contributed by atoms with Crippen molar-refractivity contribution in [3.05, 3.63) is 40.8 Å². The van der Waals surface area contributed by atoms with Gasteiger partial charge in [0.1, 0.15) is 0 Å². The number of para-hydroxylation sites is 1. The number of allylic oxidation sites excluding steroid dienone is 2. The number of anilines is 1. The van der Waals surface area contributed by atoms with Gasteiger partial charge in [-0.05, 0) is 24.5 Å². The largest absolute Gasteiger partial charge is 0.346 e. The number of likely N-dealkylation sites (N-methyl/N-ethyl adjacent to an activating group) is 1. The second-order valence-corrected chi connectivity index (χ2v) is 10.8. The van der Waals surface area contributed by atoms with Gasteiger partial charge in [-0.1, -0.05) is 44.9 Å². The molecule has 0 aromatic heterocycles. The maximum Gasteiger partial charge on any atom is 0.287 e. The van der Waals surface area contributed by atoms with E-state index in [9.17, 15) is 4.57 Å². The number of rotatable bonds is 1. The first-order valence-electron chi connectivity index (χ1n) is 9.60. The number of nitrogens with zero attached hydrogens (tertiary/aromatic N) is 4. The topological polar surface area (TPSA) is 39.1 Å². The predicted octanol–water partition coefficient (Wildman–Crippen LogP) is 4.63. The molecule has 0 radical (unpaired) electrons. The van der Waals surface area contributed by atoms with Gasteiger partial charge in [-0.3, -0.25) is 4.57 Å². The van der Waals surface area contributed by atoms with Crippen LogP contribution in [-0.2, 0) is 9.98 Å². The fraction of sp³-hybridized carbons (Fsp3) is 0.550. The quantitative estimate of drug-likeness (QED) is 0.674. The molecule has 5 nitrogen and oxygen atoms in total. The van der Waals surface area contributed by atoms with E-state index in [1.54, 1.807) is 4.78 Å². The maximum absolute atomic E-state index is 14.4. The van der Waals surface area contributed by atoms with Gasteiger partial charge in [0.2, 0.25) is 0 Å². The van der Waals surface area contributed by atoms with Crippen molar-refractivity contribution in [1.29, 1.82) is 0 Å². The molecule has 140 valence electrons. The van der Waals surface area contributed by atoms with Crippen LogP contribution in [0.2, 0.25) is 0 Å². The molecular weight excluding hydrogens is 343 g/mol. The summed E-state index contributed by atoms with van der Waals surface area (Å²) in [6.45, 7) is 6.24. The van der Waals surface area contributed by atoms with Crippen LogP contribution in [0.25, 0.3) is 0 Å². The molecule has 1 aromatic rings. The minimum Gasteiger partial charge on any atom is -0.346 e. The average molecular weight is 372 g/mol. The van der Waals surface area contributed by atoms with Gasteiger partial charge in [-0.25, -0.2) is 9.45 Å². The van der Waals surface area contributed by atoms with Gasteiger partial charge >= 0.3 is 0 Å². The first-order chi connectivity index (χ1) is 12.4. The Balaban J connectivity index is 1.87. The summed E-state index contributed by atoms with van der Waals surface area (Å²) >= 11 is 0. The van der Waals surface area contributed by atoms with Crippen LogP contribution < -0.4 is 4.90 Å². The highest BCUT2D eigenvalue weighted by molar-refractivity contribution is 7.65. The minimum absolute atomic E-state index is 0.195. The van der Waals surface area contributed by atoms with Crippen molar-refractivity contribution in [1.82, 2.24) is 9.45 Å². The van der Waals surface area contributed by atoms with E-state index in [1.807, 2.05) is 13.3 Å². The monoisotopic (exact) mass is 372 g/mol. The van der Waals surface area contributed by atoms with E-state index < -0.39 is 7.44 Å². The Kier molecular flexibility index (Phi) is 4.28. The maximum atomic E-state index is 14.4. The van der Waals surface area contributed by atoms with Gasteiger partial charge in [-0.2, -0.15) is 5.10 Å². The zero-order chi connectivity index (χ0) is 18.5.